The summed E-state index contributed by atoms with van der Waals surface area (Å²) in [5.41, 5.74) is 7.43. The molecule has 2 rings (SSSR count). The lowest BCUT2D eigenvalue weighted by Crippen LogP contribution is -2.03. The lowest BCUT2D eigenvalue weighted by atomic mass is 10.3. The van der Waals surface area contributed by atoms with E-state index in [0.29, 0.717) is 13.2 Å². The van der Waals surface area contributed by atoms with E-state index >= 15 is 0 Å². The van der Waals surface area contributed by atoms with Crippen LogP contribution < -0.4 is 5.73 Å². The molecule has 1 aliphatic carbocycles. The maximum absolute atomic E-state index is 5.57. The van der Waals surface area contributed by atoms with Gasteiger partial charge in [-0.1, -0.05) is 18.9 Å². The fourth-order valence-corrected chi connectivity index (χ4v) is 1.56. The van der Waals surface area contributed by atoms with E-state index in [2.05, 4.69) is 4.98 Å². The molecule has 1 fully saturated rings. The Morgan fingerprint density at radius 2 is 2.13 bits per heavy atom. The summed E-state index contributed by atoms with van der Waals surface area (Å²) in [6, 6.07) is 5.90. The number of aromatic nitrogens is 1. The zero-order chi connectivity index (χ0) is 10.5. The molecule has 0 bridgehead atoms. The van der Waals surface area contributed by atoms with Crippen LogP contribution >= 0.6 is 0 Å². The first-order valence-corrected chi connectivity index (χ1v) is 5.61. The van der Waals surface area contributed by atoms with Crippen molar-refractivity contribution in [2.45, 2.75) is 32.4 Å². The summed E-state index contributed by atoms with van der Waals surface area (Å²) in [5.74, 6) is 0.938. The zero-order valence-corrected chi connectivity index (χ0v) is 8.98. The Kier molecular flexibility index (Phi) is 3.69. The molecule has 3 nitrogen and oxygen atoms in total. The van der Waals surface area contributed by atoms with Crippen molar-refractivity contribution < 1.29 is 4.74 Å². The van der Waals surface area contributed by atoms with Gasteiger partial charge < -0.3 is 10.5 Å². The lowest BCUT2D eigenvalue weighted by Gasteiger charge is -2.04. The van der Waals surface area contributed by atoms with Gasteiger partial charge in [-0.05, 0) is 24.5 Å². The van der Waals surface area contributed by atoms with E-state index < -0.39 is 0 Å². The Hall–Kier alpha value is -0.930. The molecular formula is C12H18N2O. The van der Waals surface area contributed by atoms with Crippen LogP contribution in [0.2, 0.25) is 0 Å². The van der Waals surface area contributed by atoms with Crippen LogP contribution in [0.3, 0.4) is 0 Å². The van der Waals surface area contributed by atoms with Crippen LogP contribution in [0.1, 0.15) is 30.7 Å². The molecular weight excluding hydrogens is 188 g/mol. The summed E-state index contributed by atoms with van der Waals surface area (Å²) >= 11 is 0. The molecule has 3 heteroatoms. The molecule has 82 valence electrons. The molecule has 0 radical (unpaired) electrons. The SMILES string of the molecule is NCc1cccc(COCCC2CC2)n1. The van der Waals surface area contributed by atoms with Crippen molar-refractivity contribution in [3.05, 3.63) is 29.6 Å². The molecule has 0 aliphatic heterocycles. The van der Waals surface area contributed by atoms with Crippen LogP contribution in [0.25, 0.3) is 0 Å². The third kappa shape index (κ3) is 3.61. The minimum atomic E-state index is 0.496. The molecule has 1 saturated carbocycles. The molecule has 0 atom stereocenters. The van der Waals surface area contributed by atoms with Gasteiger partial charge in [0.2, 0.25) is 0 Å². The number of ether oxygens (including phenoxy) is 1. The second kappa shape index (κ2) is 5.24. The average Bonchev–Trinajstić information content (AvgIpc) is 3.09. The van der Waals surface area contributed by atoms with Gasteiger partial charge in [0.25, 0.3) is 0 Å². The smallest absolute Gasteiger partial charge is 0.0887 e. The average molecular weight is 206 g/mol. The largest absolute Gasteiger partial charge is 0.375 e. The monoisotopic (exact) mass is 206 g/mol. The van der Waals surface area contributed by atoms with Crippen LogP contribution in [-0.2, 0) is 17.9 Å². The predicted molar refractivity (Wildman–Crippen MR) is 59.1 cm³/mol. The Bertz CT molecular complexity index is 310. The molecule has 2 N–H and O–H groups in total. The predicted octanol–water partition coefficient (Wildman–Crippen LogP) is 1.86. The molecule has 0 saturated heterocycles. The number of nitrogens with zero attached hydrogens (tertiary/aromatic N) is 1. The van der Waals surface area contributed by atoms with Gasteiger partial charge in [0.15, 0.2) is 0 Å². The van der Waals surface area contributed by atoms with Gasteiger partial charge >= 0.3 is 0 Å². The van der Waals surface area contributed by atoms with Crippen LogP contribution in [0.15, 0.2) is 18.2 Å². The van der Waals surface area contributed by atoms with Crippen molar-refractivity contribution in [1.82, 2.24) is 4.98 Å². The highest BCUT2D eigenvalue weighted by Crippen LogP contribution is 2.32. The summed E-state index contributed by atoms with van der Waals surface area (Å²) < 4.78 is 5.57. The summed E-state index contributed by atoms with van der Waals surface area (Å²) in [4.78, 5) is 4.37. The third-order valence-corrected chi connectivity index (χ3v) is 2.69. The van der Waals surface area contributed by atoms with E-state index in [0.717, 1.165) is 23.9 Å². The van der Waals surface area contributed by atoms with Crippen molar-refractivity contribution in [2.75, 3.05) is 6.61 Å². The van der Waals surface area contributed by atoms with E-state index in [9.17, 15) is 0 Å². The van der Waals surface area contributed by atoms with Gasteiger partial charge in [0.05, 0.1) is 18.0 Å². The molecule has 15 heavy (non-hydrogen) atoms. The van der Waals surface area contributed by atoms with Crippen molar-refractivity contribution in [2.24, 2.45) is 11.7 Å². The van der Waals surface area contributed by atoms with Crippen molar-refractivity contribution >= 4 is 0 Å². The van der Waals surface area contributed by atoms with Crippen molar-refractivity contribution in [1.29, 1.82) is 0 Å². The van der Waals surface area contributed by atoms with E-state index in [4.69, 9.17) is 10.5 Å². The molecule has 1 aromatic rings. The van der Waals surface area contributed by atoms with E-state index in [1.165, 1.54) is 19.3 Å². The van der Waals surface area contributed by atoms with Crippen molar-refractivity contribution in [3.8, 4) is 0 Å². The van der Waals surface area contributed by atoms with Gasteiger partial charge in [-0.3, -0.25) is 4.98 Å². The summed E-state index contributed by atoms with van der Waals surface area (Å²) in [5, 5.41) is 0. The van der Waals surface area contributed by atoms with Crippen LogP contribution in [0.5, 0.6) is 0 Å². The van der Waals surface area contributed by atoms with Gasteiger partial charge in [-0.15, -0.1) is 0 Å². The van der Waals surface area contributed by atoms with Gasteiger partial charge in [-0.25, -0.2) is 0 Å². The first kappa shape index (κ1) is 10.6. The minimum Gasteiger partial charge on any atom is -0.375 e. The molecule has 0 amide bonds. The molecule has 1 heterocycles. The number of hydrogen-bond acceptors (Lipinski definition) is 3. The second-order valence-corrected chi connectivity index (χ2v) is 4.11. The highest BCUT2D eigenvalue weighted by atomic mass is 16.5. The maximum Gasteiger partial charge on any atom is 0.0887 e. The second-order valence-electron chi connectivity index (χ2n) is 4.11. The summed E-state index contributed by atoms with van der Waals surface area (Å²) in [7, 11) is 0. The number of nitrogens with two attached hydrogens (primary N) is 1. The Balaban J connectivity index is 1.71. The first-order chi connectivity index (χ1) is 7.38. The molecule has 1 aliphatic rings. The van der Waals surface area contributed by atoms with Gasteiger partial charge in [0, 0.05) is 13.2 Å². The van der Waals surface area contributed by atoms with Gasteiger partial charge in [-0.2, -0.15) is 0 Å². The topological polar surface area (TPSA) is 48.1 Å². The standard InChI is InChI=1S/C12H18N2O/c13-8-11-2-1-3-12(14-11)9-15-7-6-10-4-5-10/h1-3,10H,4-9,13H2. The first-order valence-electron chi connectivity index (χ1n) is 5.61. The fourth-order valence-electron chi connectivity index (χ4n) is 1.56. The third-order valence-electron chi connectivity index (χ3n) is 2.69. The van der Waals surface area contributed by atoms with Crippen LogP contribution in [0, 0.1) is 5.92 Å². The van der Waals surface area contributed by atoms with Crippen LogP contribution in [-0.4, -0.2) is 11.6 Å². The molecule has 0 spiro atoms. The van der Waals surface area contributed by atoms with Gasteiger partial charge in [0.1, 0.15) is 0 Å². The lowest BCUT2D eigenvalue weighted by molar-refractivity contribution is 0.112. The number of rotatable bonds is 6. The molecule has 0 aromatic carbocycles. The number of hydrogen-bond donors (Lipinski definition) is 1. The highest BCUT2D eigenvalue weighted by molar-refractivity contribution is 5.10. The summed E-state index contributed by atoms with van der Waals surface area (Å²) in [6.45, 7) is 1.97. The van der Waals surface area contributed by atoms with E-state index in [1.807, 2.05) is 18.2 Å². The quantitative estimate of drug-likeness (QED) is 0.723. The Morgan fingerprint density at radius 1 is 1.33 bits per heavy atom. The van der Waals surface area contributed by atoms with E-state index in [1.54, 1.807) is 0 Å². The maximum atomic E-state index is 5.57. The van der Waals surface area contributed by atoms with Crippen molar-refractivity contribution in [3.63, 3.8) is 0 Å². The highest BCUT2D eigenvalue weighted by Gasteiger charge is 2.20. The molecule has 0 unspecified atom stereocenters. The number of pyridine rings is 1. The molecule has 1 aromatic heterocycles. The Labute approximate surface area is 90.7 Å². The minimum absolute atomic E-state index is 0.496. The van der Waals surface area contributed by atoms with Crippen LogP contribution in [0.4, 0.5) is 0 Å². The van der Waals surface area contributed by atoms with E-state index in [-0.39, 0.29) is 0 Å². The summed E-state index contributed by atoms with van der Waals surface area (Å²) in [6.07, 6.45) is 3.99. The Morgan fingerprint density at radius 3 is 2.87 bits per heavy atom. The normalized spacial score (nSPS) is 15.5. The zero-order valence-electron chi connectivity index (χ0n) is 8.98. The fraction of sp³-hybridized carbons (Fsp3) is 0.583.